The highest BCUT2D eigenvalue weighted by molar-refractivity contribution is 6.03. The van der Waals surface area contributed by atoms with E-state index in [4.69, 9.17) is 9.47 Å². The smallest absolute Gasteiger partial charge is 0.278 e. The number of hydrogen-bond donors (Lipinski definition) is 2. The van der Waals surface area contributed by atoms with E-state index in [0.29, 0.717) is 24.5 Å². The van der Waals surface area contributed by atoms with E-state index in [1.54, 1.807) is 12.1 Å². The van der Waals surface area contributed by atoms with Crippen LogP contribution >= 0.6 is 0 Å². The summed E-state index contributed by atoms with van der Waals surface area (Å²) in [5.74, 6) is -1.07. The molecule has 2 aliphatic heterocycles. The van der Waals surface area contributed by atoms with Crippen LogP contribution in [0.4, 0.5) is 8.78 Å². The van der Waals surface area contributed by atoms with Crippen molar-refractivity contribution in [2.75, 3.05) is 19.7 Å². The molecule has 140 valence electrons. The molecule has 0 saturated heterocycles. The summed E-state index contributed by atoms with van der Waals surface area (Å²) in [4.78, 5) is 13.2. The first-order valence-corrected chi connectivity index (χ1v) is 8.64. The molecule has 1 unspecified atom stereocenters. The third-order valence-corrected chi connectivity index (χ3v) is 4.50. The van der Waals surface area contributed by atoms with Crippen molar-refractivity contribution >= 4 is 5.78 Å². The molecular weight excluding hydrogens is 354 g/mol. The quantitative estimate of drug-likeness (QED) is 0.791. The Hall–Kier alpha value is -2.93. The van der Waals surface area contributed by atoms with Gasteiger partial charge in [-0.1, -0.05) is 18.2 Å². The van der Waals surface area contributed by atoms with E-state index in [0.717, 1.165) is 30.4 Å². The van der Waals surface area contributed by atoms with Crippen molar-refractivity contribution in [3.05, 3.63) is 77.2 Å². The zero-order valence-electron chi connectivity index (χ0n) is 14.4. The van der Waals surface area contributed by atoms with Gasteiger partial charge in [0.25, 0.3) is 5.72 Å². The van der Waals surface area contributed by atoms with Gasteiger partial charge in [-0.05, 0) is 24.3 Å². The first-order chi connectivity index (χ1) is 13.1. The van der Waals surface area contributed by atoms with Gasteiger partial charge in [-0.3, -0.25) is 4.79 Å². The van der Waals surface area contributed by atoms with Crippen LogP contribution in [0.3, 0.4) is 0 Å². The van der Waals surface area contributed by atoms with Crippen molar-refractivity contribution in [1.82, 2.24) is 10.6 Å². The fourth-order valence-electron chi connectivity index (χ4n) is 3.22. The molecule has 0 bridgehead atoms. The van der Waals surface area contributed by atoms with Crippen LogP contribution in [0.25, 0.3) is 0 Å². The number of hydrogen-bond acceptors (Lipinski definition) is 5. The number of ether oxygens (including phenoxy) is 2. The normalized spacial score (nSPS) is 21.3. The molecule has 0 saturated carbocycles. The Labute approximate surface area is 155 Å². The summed E-state index contributed by atoms with van der Waals surface area (Å²) in [6, 6.07) is 11.7. The van der Waals surface area contributed by atoms with Crippen LogP contribution in [0.2, 0.25) is 0 Å². The summed E-state index contributed by atoms with van der Waals surface area (Å²) in [6.45, 7) is 1.06. The second-order valence-electron chi connectivity index (χ2n) is 6.47. The molecular formula is C20H18F2N2O3. The molecule has 0 amide bonds. The van der Waals surface area contributed by atoms with Crippen molar-refractivity contribution in [3.8, 4) is 5.75 Å². The molecule has 2 aromatic rings. The zero-order chi connectivity index (χ0) is 18.9. The van der Waals surface area contributed by atoms with Gasteiger partial charge in [-0.15, -0.1) is 0 Å². The van der Waals surface area contributed by atoms with Crippen LogP contribution in [0.5, 0.6) is 5.75 Å². The maximum Gasteiger partial charge on any atom is 0.278 e. The molecule has 7 heteroatoms. The number of carbonyl (C=O) groups excluding carboxylic acids is 1. The van der Waals surface area contributed by atoms with Crippen molar-refractivity contribution in [2.45, 2.75) is 12.1 Å². The van der Waals surface area contributed by atoms with Crippen LogP contribution in [-0.4, -0.2) is 31.2 Å². The summed E-state index contributed by atoms with van der Waals surface area (Å²) < 4.78 is 39.0. The van der Waals surface area contributed by atoms with E-state index in [1.807, 2.05) is 18.2 Å². The van der Waals surface area contributed by atoms with Crippen LogP contribution in [-0.2, 0) is 4.74 Å². The summed E-state index contributed by atoms with van der Waals surface area (Å²) in [7, 11) is 0. The van der Waals surface area contributed by atoms with E-state index >= 15 is 0 Å². The first kappa shape index (κ1) is 17.5. The standard InChI is InChI=1S/C20H18F2N2O3/c21-14-8-13(9-15(22)10-14)19(25)20(12-26-16-4-2-1-3-5-16)24-17-6-7-23-11-18(17)27-20/h1-5,8-10,23-24H,6-7,11-12H2. The van der Waals surface area contributed by atoms with Gasteiger partial charge < -0.3 is 20.1 Å². The molecule has 4 rings (SSSR count). The van der Waals surface area contributed by atoms with Gasteiger partial charge >= 0.3 is 0 Å². The topological polar surface area (TPSA) is 59.6 Å². The molecule has 0 radical (unpaired) electrons. The molecule has 2 aromatic carbocycles. The van der Waals surface area contributed by atoms with Crippen molar-refractivity contribution in [1.29, 1.82) is 0 Å². The summed E-state index contributed by atoms with van der Waals surface area (Å²) in [6.07, 6.45) is 0.660. The predicted octanol–water partition coefficient (Wildman–Crippen LogP) is 2.75. The molecule has 0 fully saturated rings. The SMILES string of the molecule is O=C(c1cc(F)cc(F)c1)C1(COc2ccccc2)NC2=C(CNCC2)O1. The number of halogens is 2. The van der Waals surface area contributed by atoms with Crippen molar-refractivity contribution in [2.24, 2.45) is 0 Å². The Morgan fingerprint density at radius 2 is 1.89 bits per heavy atom. The lowest BCUT2D eigenvalue weighted by molar-refractivity contribution is -0.0140. The number of carbonyl (C=O) groups is 1. The third-order valence-electron chi connectivity index (χ3n) is 4.50. The predicted molar refractivity (Wildman–Crippen MR) is 94.1 cm³/mol. The molecule has 0 spiro atoms. The second kappa shape index (κ2) is 7.00. The molecule has 0 aliphatic carbocycles. The average molecular weight is 372 g/mol. The van der Waals surface area contributed by atoms with E-state index in [-0.39, 0.29) is 12.2 Å². The van der Waals surface area contributed by atoms with Gasteiger partial charge in [0.05, 0.1) is 12.2 Å². The maximum absolute atomic E-state index is 13.6. The third kappa shape index (κ3) is 3.50. The molecule has 2 N–H and O–H groups in total. The van der Waals surface area contributed by atoms with E-state index in [9.17, 15) is 13.6 Å². The van der Waals surface area contributed by atoms with Gasteiger partial charge in [0.2, 0.25) is 5.78 Å². The van der Waals surface area contributed by atoms with Gasteiger partial charge in [0, 0.05) is 24.6 Å². The molecule has 2 aliphatic rings. The Morgan fingerprint density at radius 3 is 2.59 bits per heavy atom. The van der Waals surface area contributed by atoms with Gasteiger partial charge in [-0.2, -0.15) is 0 Å². The van der Waals surface area contributed by atoms with E-state index < -0.39 is 23.1 Å². The minimum Gasteiger partial charge on any atom is -0.487 e. The number of ketones is 1. The largest absolute Gasteiger partial charge is 0.487 e. The monoisotopic (exact) mass is 372 g/mol. The highest BCUT2D eigenvalue weighted by Crippen LogP contribution is 2.31. The van der Waals surface area contributed by atoms with E-state index in [2.05, 4.69) is 10.6 Å². The van der Waals surface area contributed by atoms with Crippen LogP contribution in [0.1, 0.15) is 16.8 Å². The van der Waals surface area contributed by atoms with E-state index in [1.165, 1.54) is 0 Å². The Morgan fingerprint density at radius 1 is 1.15 bits per heavy atom. The maximum atomic E-state index is 13.6. The average Bonchev–Trinajstić information content (AvgIpc) is 3.06. The number of nitrogens with one attached hydrogen (secondary N) is 2. The summed E-state index contributed by atoms with van der Waals surface area (Å²) in [5, 5.41) is 6.28. The summed E-state index contributed by atoms with van der Waals surface area (Å²) >= 11 is 0. The Balaban J connectivity index is 1.65. The fraction of sp³-hybridized carbons (Fsp3) is 0.250. The van der Waals surface area contributed by atoms with Crippen molar-refractivity contribution in [3.63, 3.8) is 0 Å². The highest BCUT2D eigenvalue weighted by Gasteiger charge is 2.49. The lowest BCUT2D eigenvalue weighted by atomic mass is 10.0. The molecule has 2 heterocycles. The Kier molecular flexibility index (Phi) is 4.53. The molecule has 5 nitrogen and oxygen atoms in total. The fourth-order valence-corrected chi connectivity index (χ4v) is 3.22. The number of Topliss-reactive ketones (excluding diaryl/α,β-unsaturated/α-hetero) is 1. The van der Waals surface area contributed by atoms with Crippen LogP contribution in [0, 0.1) is 11.6 Å². The number of rotatable bonds is 5. The molecule has 1 atom stereocenters. The lowest BCUT2D eigenvalue weighted by Gasteiger charge is -2.29. The first-order valence-electron chi connectivity index (χ1n) is 8.64. The van der Waals surface area contributed by atoms with Gasteiger partial charge in [0.15, 0.2) is 6.61 Å². The number of para-hydroxylation sites is 1. The highest BCUT2D eigenvalue weighted by atomic mass is 19.1. The van der Waals surface area contributed by atoms with Gasteiger partial charge in [-0.25, -0.2) is 8.78 Å². The van der Waals surface area contributed by atoms with Crippen LogP contribution in [0.15, 0.2) is 60.0 Å². The minimum absolute atomic E-state index is 0.121. The van der Waals surface area contributed by atoms with Crippen molar-refractivity contribution < 1.29 is 23.0 Å². The molecule has 0 aromatic heterocycles. The second-order valence-corrected chi connectivity index (χ2v) is 6.47. The van der Waals surface area contributed by atoms with Gasteiger partial charge in [0.1, 0.15) is 23.1 Å². The lowest BCUT2D eigenvalue weighted by Crippen LogP contribution is -2.54. The Bertz CT molecular complexity index is 861. The minimum atomic E-state index is -1.58. The number of benzene rings is 2. The van der Waals surface area contributed by atoms with Crippen LogP contribution < -0.4 is 15.4 Å². The zero-order valence-corrected chi connectivity index (χ0v) is 14.4. The summed E-state index contributed by atoms with van der Waals surface area (Å²) in [5.41, 5.74) is -0.896. The molecule has 27 heavy (non-hydrogen) atoms.